The molecule has 2 heterocycles. The number of nitrogens with zero attached hydrogens (tertiary/aromatic N) is 2. The molecule has 0 unspecified atom stereocenters. The lowest BCUT2D eigenvalue weighted by atomic mass is 10.2. The molecular formula is C16H18N2O2. The van der Waals surface area contributed by atoms with E-state index < -0.39 is 0 Å². The van der Waals surface area contributed by atoms with Gasteiger partial charge in [-0.15, -0.1) is 0 Å². The van der Waals surface area contributed by atoms with E-state index in [0.717, 1.165) is 41.1 Å². The fraction of sp³-hybridized carbons (Fsp3) is 0.312. The monoisotopic (exact) mass is 270 g/mol. The fourth-order valence-electron chi connectivity index (χ4n) is 2.34. The summed E-state index contributed by atoms with van der Waals surface area (Å²) in [5.41, 5.74) is 2.08. The lowest BCUT2D eigenvalue weighted by molar-refractivity contribution is 0.321. The van der Waals surface area contributed by atoms with Crippen molar-refractivity contribution in [3.63, 3.8) is 0 Å². The number of fused-ring (bicyclic) bond motifs is 1. The van der Waals surface area contributed by atoms with Gasteiger partial charge >= 0.3 is 0 Å². The van der Waals surface area contributed by atoms with Gasteiger partial charge in [0.15, 0.2) is 0 Å². The SMILES string of the molecule is CCCOc1cccc2c1ccn2Cc1cc(C)on1. The molecule has 0 spiro atoms. The molecule has 104 valence electrons. The highest BCUT2D eigenvalue weighted by Gasteiger charge is 2.08. The van der Waals surface area contributed by atoms with Crippen LogP contribution in [-0.2, 0) is 6.54 Å². The standard InChI is InChI=1S/C16H18N2O2/c1-3-9-19-16-6-4-5-15-14(16)7-8-18(15)11-13-10-12(2)20-17-13/h4-8,10H,3,9,11H2,1-2H3. The summed E-state index contributed by atoms with van der Waals surface area (Å²) in [6.45, 7) is 5.46. The van der Waals surface area contributed by atoms with Crippen molar-refractivity contribution in [3.05, 3.63) is 48.0 Å². The minimum absolute atomic E-state index is 0.706. The quantitative estimate of drug-likeness (QED) is 0.708. The van der Waals surface area contributed by atoms with E-state index in [0.29, 0.717) is 6.54 Å². The Morgan fingerprint density at radius 1 is 1.30 bits per heavy atom. The van der Waals surface area contributed by atoms with Crippen molar-refractivity contribution in [3.8, 4) is 5.75 Å². The minimum Gasteiger partial charge on any atom is -0.493 e. The van der Waals surface area contributed by atoms with Crippen LogP contribution in [0.25, 0.3) is 10.9 Å². The summed E-state index contributed by atoms with van der Waals surface area (Å²) < 4.78 is 13.1. The van der Waals surface area contributed by atoms with Gasteiger partial charge in [-0.05, 0) is 31.5 Å². The zero-order valence-electron chi connectivity index (χ0n) is 11.8. The normalized spacial score (nSPS) is 11.1. The average molecular weight is 270 g/mol. The first-order chi connectivity index (χ1) is 9.78. The lowest BCUT2D eigenvalue weighted by Crippen LogP contribution is -1.99. The summed E-state index contributed by atoms with van der Waals surface area (Å²) in [5, 5.41) is 5.18. The summed E-state index contributed by atoms with van der Waals surface area (Å²) in [6.07, 6.45) is 3.07. The van der Waals surface area contributed by atoms with Crippen LogP contribution in [0.4, 0.5) is 0 Å². The molecule has 0 aliphatic carbocycles. The van der Waals surface area contributed by atoms with Crippen LogP contribution in [0.2, 0.25) is 0 Å². The Hall–Kier alpha value is -2.23. The van der Waals surface area contributed by atoms with E-state index in [4.69, 9.17) is 9.26 Å². The molecular weight excluding hydrogens is 252 g/mol. The second-order valence-corrected chi connectivity index (χ2v) is 4.91. The van der Waals surface area contributed by atoms with E-state index in [9.17, 15) is 0 Å². The molecule has 4 heteroatoms. The van der Waals surface area contributed by atoms with Gasteiger partial charge in [-0.25, -0.2) is 0 Å². The topological polar surface area (TPSA) is 40.2 Å². The predicted octanol–water partition coefficient (Wildman–Crippen LogP) is 3.77. The van der Waals surface area contributed by atoms with Gasteiger partial charge in [-0.3, -0.25) is 0 Å². The zero-order chi connectivity index (χ0) is 13.9. The third-order valence-corrected chi connectivity index (χ3v) is 3.24. The Morgan fingerprint density at radius 2 is 2.20 bits per heavy atom. The van der Waals surface area contributed by atoms with E-state index >= 15 is 0 Å². The van der Waals surface area contributed by atoms with Gasteiger partial charge in [0.2, 0.25) is 0 Å². The van der Waals surface area contributed by atoms with Crippen molar-refractivity contribution in [2.75, 3.05) is 6.61 Å². The van der Waals surface area contributed by atoms with Crippen LogP contribution in [-0.4, -0.2) is 16.3 Å². The van der Waals surface area contributed by atoms with Crippen LogP contribution in [0.15, 0.2) is 41.1 Å². The summed E-state index contributed by atoms with van der Waals surface area (Å²) in [7, 11) is 0. The third kappa shape index (κ3) is 2.41. The molecule has 1 aromatic carbocycles. The maximum absolute atomic E-state index is 5.79. The van der Waals surface area contributed by atoms with Crippen molar-refractivity contribution >= 4 is 10.9 Å². The first-order valence-electron chi connectivity index (χ1n) is 6.91. The van der Waals surface area contributed by atoms with Gasteiger partial charge in [0.1, 0.15) is 17.2 Å². The molecule has 0 aliphatic rings. The molecule has 20 heavy (non-hydrogen) atoms. The first kappa shape index (κ1) is 12.8. The van der Waals surface area contributed by atoms with E-state index in [-0.39, 0.29) is 0 Å². The van der Waals surface area contributed by atoms with Crippen LogP contribution >= 0.6 is 0 Å². The molecule has 0 amide bonds. The lowest BCUT2D eigenvalue weighted by Gasteiger charge is -2.07. The van der Waals surface area contributed by atoms with Crippen LogP contribution in [0.3, 0.4) is 0 Å². The second-order valence-electron chi connectivity index (χ2n) is 4.91. The van der Waals surface area contributed by atoms with Crippen LogP contribution in [0.5, 0.6) is 5.75 Å². The number of ether oxygens (including phenoxy) is 1. The molecule has 0 fully saturated rings. The van der Waals surface area contributed by atoms with Crippen molar-refractivity contribution < 1.29 is 9.26 Å². The van der Waals surface area contributed by atoms with Crippen LogP contribution in [0, 0.1) is 6.92 Å². The molecule has 0 atom stereocenters. The number of rotatable bonds is 5. The first-order valence-corrected chi connectivity index (χ1v) is 6.91. The highest BCUT2D eigenvalue weighted by Crippen LogP contribution is 2.27. The summed E-state index contributed by atoms with van der Waals surface area (Å²) >= 11 is 0. The number of hydrogen-bond acceptors (Lipinski definition) is 3. The van der Waals surface area contributed by atoms with E-state index in [2.05, 4.69) is 35.0 Å². The molecule has 2 aromatic heterocycles. The predicted molar refractivity (Wildman–Crippen MR) is 78.1 cm³/mol. The number of benzene rings is 1. The molecule has 0 aliphatic heterocycles. The van der Waals surface area contributed by atoms with Gasteiger partial charge < -0.3 is 13.8 Å². The smallest absolute Gasteiger partial charge is 0.133 e. The van der Waals surface area contributed by atoms with Gasteiger partial charge in [0.25, 0.3) is 0 Å². The Kier molecular flexibility index (Phi) is 3.46. The molecule has 0 saturated carbocycles. The number of aryl methyl sites for hydroxylation is 1. The number of aromatic nitrogens is 2. The van der Waals surface area contributed by atoms with Crippen molar-refractivity contribution in [1.29, 1.82) is 0 Å². The van der Waals surface area contributed by atoms with Gasteiger partial charge in [0, 0.05) is 17.6 Å². The second kappa shape index (κ2) is 5.41. The van der Waals surface area contributed by atoms with Gasteiger partial charge in [-0.1, -0.05) is 18.1 Å². The maximum Gasteiger partial charge on any atom is 0.133 e. The third-order valence-electron chi connectivity index (χ3n) is 3.24. The minimum atomic E-state index is 0.706. The average Bonchev–Trinajstić information content (AvgIpc) is 3.04. The summed E-state index contributed by atoms with van der Waals surface area (Å²) in [6, 6.07) is 10.2. The summed E-state index contributed by atoms with van der Waals surface area (Å²) in [5.74, 6) is 1.78. The fourth-order valence-corrected chi connectivity index (χ4v) is 2.34. The Labute approximate surface area is 117 Å². The maximum atomic E-state index is 5.79. The largest absolute Gasteiger partial charge is 0.493 e. The van der Waals surface area contributed by atoms with Crippen LogP contribution < -0.4 is 4.74 Å². The molecule has 0 N–H and O–H groups in total. The molecule has 0 saturated heterocycles. The molecule has 0 radical (unpaired) electrons. The van der Waals surface area contributed by atoms with Crippen molar-refractivity contribution in [2.45, 2.75) is 26.8 Å². The Balaban J connectivity index is 1.92. The molecule has 3 aromatic rings. The van der Waals surface area contributed by atoms with E-state index in [1.807, 2.05) is 25.1 Å². The highest BCUT2D eigenvalue weighted by molar-refractivity contribution is 5.86. The van der Waals surface area contributed by atoms with Gasteiger partial charge in [0.05, 0.1) is 18.7 Å². The Bertz CT molecular complexity index is 712. The summed E-state index contributed by atoms with van der Waals surface area (Å²) in [4.78, 5) is 0. The molecule has 0 bridgehead atoms. The highest BCUT2D eigenvalue weighted by atomic mass is 16.5. The van der Waals surface area contributed by atoms with E-state index in [1.54, 1.807) is 0 Å². The molecule has 3 rings (SSSR count). The van der Waals surface area contributed by atoms with Gasteiger partial charge in [-0.2, -0.15) is 0 Å². The van der Waals surface area contributed by atoms with Crippen LogP contribution in [0.1, 0.15) is 24.8 Å². The molecule has 4 nitrogen and oxygen atoms in total. The van der Waals surface area contributed by atoms with Crippen molar-refractivity contribution in [2.24, 2.45) is 0 Å². The Morgan fingerprint density at radius 3 is 2.95 bits per heavy atom. The number of hydrogen-bond donors (Lipinski definition) is 0. The van der Waals surface area contributed by atoms with E-state index in [1.165, 1.54) is 0 Å². The van der Waals surface area contributed by atoms with Crippen molar-refractivity contribution in [1.82, 2.24) is 9.72 Å². The zero-order valence-corrected chi connectivity index (χ0v) is 11.8.